The number of benzene rings is 1. The molecule has 1 aromatic carbocycles. The Balaban J connectivity index is 1.59. The summed E-state index contributed by atoms with van der Waals surface area (Å²) < 4.78 is 37.9. The SMILES string of the molecule is CCNC(=NCC1CC(=O)Nc2ccccc21)NCCc1nc(C(F)(F)F)cs1. The summed E-state index contributed by atoms with van der Waals surface area (Å²) >= 11 is 0.994. The molecule has 1 aliphatic heterocycles. The van der Waals surface area contributed by atoms with Crippen molar-refractivity contribution < 1.29 is 18.0 Å². The third kappa shape index (κ3) is 5.69. The number of guanidine groups is 1. The van der Waals surface area contributed by atoms with Crippen LogP contribution >= 0.6 is 11.3 Å². The Morgan fingerprint density at radius 3 is 2.86 bits per heavy atom. The summed E-state index contributed by atoms with van der Waals surface area (Å²) in [6, 6.07) is 7.66. The predicted molar refractivity (Wildman–Crippen MR) is 107 cm³/mol. The van der Waals surface area contributed by atoms with E-state index in [1.54, 1.807) is 0 Å². The minimum absolute atomic E-state index is 0.0243. The summed E-state index contributed by atoms with van der Waals surface area (Å²) in [6.45, 7) is 3.40. The molecular weight excluding hydrogens is 403 g/mol. The summed E-state index contributed by atoms with van der Waals surface area (Å²) in [4.78, 5) is 20.1. The first-order valence-corrected chi connectivity index (χ1v) is 10.2. The third-order valence-corrected chi connectivity index (χ3v) is 5.30. The molecule has 1 unspecified atom stereocenters. The van der Waals surface area contributed by atoms with Gasteiger partial charge in [-0.2, -0.15) is 13.2 Å². The Morgan fingerprint density at radius 1 is 1.34 bits per heavy atom. The van der Waals surface area contributed by atoms with Crippen LogP contribution in [0.5, 0.6) is 0 Å². The quantitative estimate of drug-likeness (QED) is 0.490. The molecule has 1 amide bonds. The summed E-state index contributed by atoms with van der Waals surface area (Å²) in [6.07, 6.45) is -3.69. The number of nitrogens with one attached hydrogen (secondary N) is 3. The zero-order valence-electron chi connectivity index (χ0n) is 15.8. The van der Waals surface area contributed by atoms with Crippen LogP contribution in [0.4, 0.5) is 18.9 Å². The molecule has 0 saturated heterocycles. The topological polar surface area (TPSA) is 78.4 Å². The van der Waals surface area contributed by atoms with E-state index in [0.717, 1.165) is 28.0 Å². The average molecular weight is 425 g/mol. The number of anilines is 1. The van der Waals surface area contributed by atoms with Crippen molar-refractivity contribution in [3.63, 3.8) is 0 Å². The van der Waals surface area contributed by atoms with Gasteiger partial charge in [0.2, 0.25) is 5.91 Å². The van der Waals surface area contributed by atoms with Crippen molar-refractivity contribution in [1.29, 1.82) is 0 Å². The highest BCUT2D eigenvalue weighted by molar-refractivity contribution is 7.09. The fraction of sp³-hybridized carbons (Fsp3) is 0.421. The molecule has 2 heterocycles. The number of rotatable bonds is 6. The summed E-state index contributed by atoms with van der Waals surface area (Å²) in [5, 5.41) is 10.5. The zero-order chi connectivity index (χ0) is 20.9. The second kappa shape index (κ2) is 9.25. The number of nitrogens with zero attached hydrogens (tertiary/aromatic N) is 2. The van der Waals surface area contributed by atoms with E-state index in [2.05, 4.69) is 25.9 Å². The lowest BCUT2D eigenvalue weighted by Gasteiger charge is -2.24. The predicted octanol–water partition coefficient (Wildman–Crippen LogP) is 3.39. The number of alkyl halides is 3. The largest absolute Gasteiger partial charge is 0.434 e. The van der Waals surface area contributed by atoms with Gasteiger partial charge < -0.3 is 16.0 Å². The molecular formula is C19H22F3N5OS. The molecule has 29 heavy (non-hydrogen) atoms. The highest BCUT2D eigenvalue weighted by Gasteiger charge is 2.33. The molecule has 0 bridgehead atoms. The van der Waals surface area contributed by atoms with Crippen molar-refractivity contribution in [2.24, 2.45) is 4.99 Å². The number of para-hydroxylation sites is 1. The maximum Gasteiger partial charge on any atom is 0.434 e. The van der Waals surface area contributed by atoms with Crippen LogP contribution in [0.15, 0.2) is 34.6 Å². The Bertz CT molecular complexity index is 881. The lowest BCUT2D eigenvalue weighted by atomic mass is 9.91. The molecule has 0 spiro atoms. The molecule has 0 aliphatic carbocycles. The van der Waals surface area contributed by atoms with E-state index in [1.165, 1.54) is 0 Å². The normalized spacial score (nSPS) is 16.9. The molecule has 0 saturated carbocycles. The molecule has 3 rings (SSSR count). The molecule has 1 aliphatic rings. The van der Waals surface area contributed by atoms with Crippen molar-refractivity contribution in [1.82, 2.24) is 15.6 Å². The maximum absolute atomic E-state index is 12.6. The van der Waals surface area contributed by atoms with Gasteiger partial charge in [-0.05, 0) is 18.6 Å². The van der Waals surface area contributed by atoms with Gasteiger partial charge in [0.25, 0.3) is 0 Å². The van der Waals surface area contributed by atoms with Gasteiger partial charge in [-0.3, -0.25) is 9.79 Å². The average Bonchev–Trinajstić information content (AvgIpc) is 3.15. The van der Waals surface area contributed by atoms with Gasteiger partial charge in [0, 0.05) is 42.9 Å². The first-order valence-electron chi connectivity index (χ1n) is 9.29. The van der Waals surface area contributed by atoms with Crippen LogP contribution in [0.2, 0.25) is 0 Å². The number of hydrogen-bond acceptors (Lipinski definition) is 4. The number of aliphatic imine (C=N–C) groups is 1. The Kier molecular flexibility index (Phi) is 6.73. The van der Waals surface area contributed by atoms with E-state index in [-0.39, 0.29) is 11.8 Å². The summed E-state index contributed by atoms with van der Waals surface area (Å²) in [7, 11) is 0. The van der Waals surface area contributed by atoms with Crippen LogP contribution < -0.4 is 16.0 Å². The number of halogens is 3. The number of hydrogen-bond donors (Lipinski definition) is 3. The van der Waals surface area contributed by atoms with Crippen LogP contribution in [0.3, 0.4) is 0 Å². The number of carbonyl (C=O) groups excluding carboxylic acids is 1. The first kappa shape index (κ1) is 21.1. The Hall–Kier alpha value is -2.62. The van der Waals surface area contributed by atoms with Crippen molar-refractivity contribution >= 4 is 28.9 Å². The van der Waals surface area contributed by atoms with E-state index in [0.29, 0.717) is 43.4 Å². The monoisotopic (exact) mass is 425 g/mol. The standard InChI is InChI=1S/C19H22F3N5OS/c1-2-23-18(24-8-7-17-27-15(11-29-17)19(20,21)22)25-10-12-9-16(28)26-14-6-4-3-5-13(12)14/h3-6,11-12H,2,7-10H2,1H3,(H,26,28)(H2,23,24,25). The smallest absolute Gasteiger partial charge is 0.357 e. The summed E-state index contributed by atoms with van der Waals surface area (Å²) in [5.74, 6) is 0.498. The first-order chi connectivity index (χ1) is 13.9. The van der Waals surface area contributed by atoms with Crippen molar-refractivity contribution in [3.05, 3.63) is 45.9 Å². The van der Waals surface area contributed by atoms with Gasteiger partial charge in [0.05, 0.1) is 11.6 Å². The molecule has 0 radical (unpaired) electrons. The van der Waals surface area contributed by atoms with Gasteiger partial charge in [-0.25, -0.2) is 4.98 Å². The van der Waals surface area contributed by atoms with Crippen molar-refractivity contribution in [3.8, 4) is 0 Å². The second-order valence-electron chi connectivity index (χ2n) is 6.56. The van der Waals surface area contributed by atoms with Crippen LogP contribution in [-0.4, -0.2) is 36.5 Å². The Morgan fingerprint density at radius 2 is 2.14 bits per heavy atom. The van der Waals surface area contributed by atoms with E-state index in [4.69, 9.17) is 0 Å². The number of aromatic nitrogens is 1. The second-order valence-corrected chi connectivity index (χ2v) is 7.50. The Labute approximate surface area is 170 Å². The number of amides is 1. The van der Waals surface area contributed by atoms with E-state index in [1.807, 2.05) is 31.2 Å². The molecule has 1 atom stereocenters. The highest BCUT2D eigenvalue weighted by Crippen LogP contribution is 2.32. The third-order valence-electron chi connectivity index (χ3n) is 4.39. The molecule has 6 nitrogen and oxygen atoms in total. The molecule has 156 valence electrons. The number of thiazole rings is 1. The molecule has 10 heteroatoms. The van der Waals surface area contributed by atoms with Crippen LogP contribution in [0.25, 0.3) is 0 Å². The minimum atomic E-state index is -4.42. The molecule has 1 aromatic heterocycles. The maximum atomic E-state index is 12.6. The molecule has 2 aromatic rings. The molecule has 0 fully saturated rings. The van der Waals surface area contributed by atoms with Crippen LogP contribution in [0.1, 0.15) is 35.5 Å². The zero-order valence-corrected chi connectivity index (χ0v) is 16.7. The van der Waals surface area contributed by atoms with Gasteiger partial charge >= 0.3 is 6.18 Å². The van der Waals surface area contributed by atoms with Gasteiger partial charge in [0.15, 0.2) is 11.7 Å². The summed E-state index contributed by atoms with van der Waals surface area (Å²) in [5.41, 5.74) is 1.01. The number of fused-ring (bicyclic) bond motifs is 1. The van der Waals surface area contributed by atoms with Crippen LogP contribution in [0, 0.1) is 0 Å². The minimum Gasteiger partial charge on any atom is -0.357 e. The van der Waals surface area contributed by atoms with Crippen LogP contribution in [-0.2, 0) is 17.4 Å². The van der Waals surface area contributed by atoms with E-state index < -0.39 is 11.9 Å². The van der Waals surface area contributed by atoms with E-state index >= 15 is 0 Å². The van der Waals surface area contributed by atoms with Gasteiger partial charge in [-0.1, -0.05) is 18.2 Å². The fourth-order valence-electron chi connectivity index (χ4n) is 3.05. The van der Waals surface area contributed by atoms with Gasteiger partial charge in [0.1, 0.15) is 0 Å². The number of carbonyl (C=O) groups is 1. The lowest BCUT2D eigenvalue weighted by molar-refractivity contribution is -0.140. The molecule has 3 N–H and O–H groups in total. The highest BCUT2D eigenvalue weighted by atomic mass is 32.1. The fourth-order valence-corrected chi connectivity index (χ4v) is 3.86. The van der Waals surface area contributed by atoms with E-state index in [9.17, 15) is 18.0 Å². The van der Waals surface area contributed by atoms with Crippen molar-refractivity contribution in [2.45, 2.75) is 31.9 Å². The van der Waals surface area contributed by atoms with Gasteiger partial charge in [-0.15, -0.1) is 11.3 Å². The van der Waals surface area contributed by atoms with Crippen molar-refractivity contribution in [2.75, 3.05) is 25.0 Å². The lowest BCUT2D eigenvalue weighted by Crippen LogP contribution is -2.38.